The van der Waals surface area contributed by atoms with Crippen LogP contribution in [0.1, 0.15) is 12.1 Å². The second-order valence-electron chi connectivity index (χ2n) is 2.31. The summed E-state index contributed by atoms with van der Waals surface area (Å²) in [5.74, 6) is 0. The number of rotatable bonds is 3. The topological polar surface area (TPSA) is 33.1 Å². The van der Waals surface area contributed by atoms with Gasteiger partial charge in [-0.05, 0) is 24.6 Å². The number of aromatic nitrogens is 1. The number of hydrogen-bond donors (Lipinski definition) is 1. The molecule has 0 aromatic carbocycles. The van der Waals surface area contributed by atoms with Gasteiger partial charge in [-0.2, -0.15) is 0 Å². The zero-order valence-electron chi connectivity index (χ0n) is 6.57. The van der Waals surface area contributed by atoms with E-state index in [1.54, 1.807) is 18.3 Å². The van der Waals surface area contributed by atoms with Crippen LogP contribution >= 0.6 is 11.6 Å². The van der Waals surface area contributed by atoms with Gasteiger partial charge in [-0.3, -0.25) is 4.98 Å². The van der Waals surface area contributed by atoms with Crippen LogP contribution in [0.15, 0.2) is 24.4 Å². The summed E-state index contributed by atoms with van der Waals surface area (Å²) in [6, 6.07) is 3.50. The fraction of sp³-hybridized carbons (Fsp3) is 0.222. The third kappa shape index (κ3) is 3.03. The lowest BCUT2D eigenvalue weighted by molar-refractivity contribution is 0.303. The van der Waals surface area contributed by atoms with Crippen LogP contribution in [0.5, 0.6) is 0 Å². The zero-order chi connectivity index (χ0) is 8.81. The van der Waals surface area contributed by atoms with Crippen LogP contribution in [0.2, 0.25) is 5.02 Å². The van der Waals surface area contributed by atoms with Crippen molar-refractivity contribution in [3.8, 4) is 0 Å². The Hall–Kier alpha value is -0.860. The normalized spacial score (nSPS) is 10.8. The van der Waals surface area contributed by atoms with Crippen LogP contribution in [-0.2, 0) is 0 Å². The van der Waals surface area contributed by atoms with Crippen LogP contribution in [0.3, 0.4) is 0 Å². The van der Waals surface area contributed by atoms with Gasteiger partial charge in [0.05, 0.1) is 5.69 Å². The fourth-order valence-corrected chi connectivity index (χ4v) is 0.959. The molecule has 0 atom stereocenters. The van der Waals surface area contributed by atoms with Crippen molar-refractivity contribution in [1.82, 2.24) is 4.98 Å². The highest BCUT2D eigenvalue weighted by molar-refractivity contribution is 6.30. The smallest absolute Gasteiger partial charge is 0.0641 e. The monoisotopic (exact) mass is 183 g/mol. The van der Waals surface area contributed by atoms with E-state index in [2.05, 4.69) is 4.98 Å². The number of halogens is 1. The zero-order valence-corrected chi connectivity index (χ0v) is 7.33. The number of aliphatic hydroxyl groups is 1. The van der Waals surface area contributed by atoms with Gasteiger partial charge in [-0.25, -0.2) is 0 Å². The van der Waals surface area contributed by atoms with E-state index in [0.29, 0.717) is 11.4 Å². The molecule has 1 rings (SSSR count). The summed E-state index contributed by atoms with van der Waals surface area (Å²) in [6.45, 7) is 0.164. The van der Waals surface area contributed by atoms with Crippen molar-refractivity contribution in [1.29, 1.82) is 0 Å². The molecule has 0 aliphatic carbocycles. The summed E-state index contributed by atoms with van der Waals surface area (Å²) in [5.41, 5.74) is 0.816. The van der Waals surface area contributed by atoms with Gasteiger partial charge in [-0.1, -0.05) is 17.7 Å². The second kappa shape index (κ2) is 4.91. The molecule has 2 nitrogen and oxygen atoms in total. The first-order valence-corrected chi connectivity index (χ1v) is 4.09. The standard InChI is InChI=1S/C9H10ClNO/c10-8-4-5-11-9(7-8)3-1-2-6-12/h1,3-5,7,12H,2,6H2. The molecule has 64 valence electrons. The fourth-order valence-electron chi connectivity index (χ4n) is 0.791. The SMILES string of the molecule is OCCC=Cc1cc(Cl)ccn1. The molecule has 1 heterocycles. The van der Waals surface area contributed by atoms with Crippen molar-refractivity contribution < 1.29 is 5.11 Å². The number of aliphatic hydroxyl groups excluding tert-OH is 1. The lowest BCUT2D eigenvalue weighted by Gasteiger charge is -1.92. The Morgan fingerprint density at radius 3 is 3.08 bits per heavy atom. The summed E-state index contributed by atoms with van der Waals surface area (Å²) >= 11 is 5.73. The quantitative estimate of drug-likeness (QED) is 0.779. The molecule has 1 aromatic heterocycles. The van der Waals surface area contributed by atoms with E-state index >= 15 is 0 Å². The average Bonchev–Trinajstić information content (AvgIpc) is 2.05. The Morgan fingerprint density at radius 2 is 2.42 bits per heavy atom. The third-order valence-electron chi connectivity index (χ3n) is 1.33. The van der Waals surface area contributed by atoms with Crippen LogP contribution in [0.4, 0.5) is 0 Å². The minimum atomic E-state index is 0.164. The van der Waals surface area contributed by atoms with Gasteiger partial charge in [0, 0.05) is 17.8 Å². The molecule has 0 spiro atoms. The Kier molecular flexibility index (Phi) is 3.77. The predicted molar refractivity (Wildman–Crippen MR) is 50.0 cm³/mol. The molecule has 0 radical (unpaired) electrons. The Bertz CT molecular complexity index is 273. The number of hydrogen-bond acceptors (Lipinski definition) is 2. The molecule has 1 aromatic rings. The van der Waals surface area contributed by atoms with Crippen LogP contribution in [-0.4, -0.2) is 16.7 Å². The van der Waals surface area contributed by atoms with E-state index in [4.69, 9.17) is 16.7 Å². The molecular formula is C9H10ClNO. The Balaban J connectivity index is 2.63. The van der Waals surface area contributed by atoms with Gasteiger partial charge in [0.2, 0.25) is 0 Å². The Labute approximate surface area is 76.5 Å². The van der Waals surface area contributed by atoms with Crippen LogP contribution < -0.4 is 0 Å². The second-order valence-corrected chi connectivity index (χ2v) is 2.75. The summed E-state index contributed by atoms with van der Waals surface area (Å²) < 4.78 is 0. The van der Waals surface area contributed by atoms with Gasteiger partial charge in [0.25, 0.3) is 0 Å². The number of pyridine rings is 1. The van der Waals surface area contributed by atoms with Gasteiger partial charge in [-0.15, -0.1) is 0 Å². The van der Waals surface area contributed by atoms with Gasteiger partial charge in [0.15, 0.2) is 0 Å². The number of nitrogens with zero attached hydrogens (tertiary/aromatic N) is 1. The molecule has 0 aliphatic heterocycles. The molecule has 3 heteroatoms. The molecular weight excluding hydrogens is 174 g/mol. The maximum Gasteiger partial charge on any atom is 0.0641 e. The molecule has 0 saturated heterocycles. The predicted octanol–water partition coefficient (Wildman–Crippen LogP) is 2.13. The highest BCUT2D eigenvalue weighted by Crippen LogP contribution is 2.08. The van der Waals surface area contributed by atoms with Crippen molar-refractivity contribution in [2.24, 2.45) is 0 Å². The van der Waals surface area contributed by atoms with Crippen molar-refractivity contribution in [3.63, 3.8) is 0 Å². The first-order valence-electron chi connectivity index (χ1n) is 3.72. The van der Waals surface area contributed by atoms with E-state index in [1.807, 2.05) is 12.2 Å². The molecule has 0 bridgehead atoms. The first-order chi connectivity index (χ1) is 5.83. The molecule has 0 aliphatic rings. The summed E-state index contributed by atoms with van der Waals surface area (Å²) in [4.78, 5) is 4.06. The lowest BCUT2D eigenvalue weighted by atomic mass is 10.3. The molecule has 0 amide bonds. The molecule has 12 heavy (non-hydrogen) atoms. The van der Waals surface area contributed by atoms with E-state index in [0.717, 1.165) is 5.69 Å². The molecule has 1 N–H and O–H groups in total. The molecule has 0 unspecified atom stereocenters. The minimum Gasteiger partial charge on any atom is -0.396 e. The highest BCUT2D eigenvalue weighted by atomic mass is 35.5. The summed E-state index contributed by atoms with van der Waals surface area (Å²) in [7, 11) is 0. The van der Waals surface area contributed by atoms with Gasteiger partial charge < -0.3 is 5.11 Å². The average molecular weight is 184 g/mol. The van der Waals surface area contributed by atoms with Crippen molar-refractivity contribution in [2.75, 3.05) is 6.61 Å². The van der Waals surface area contributed by atoms with Gasteiger partial charge in [0.1, 0.15) is 0 Å². The maximum atomic E-state index is 8.50. The van der Waals surface area contributed by atoms with Crippen molar-refractivity contribution in [2.45, 2.75) is 6.42 Å². The molecule has 0 saturated carbocycles. The Morgan fingerprint density at radius 1 is 1.58 bits per heavy atom. The van der Waals surface area contributed by atoms with Crippen LogP contribution in [0.25, 0.3) is 6.08 Å². The highest BCUT2D eigenvalue weighted by Gasteiger charge is 1.88. The minimum absolute atomic E-state index is 0.164. The third-order valence-corrected chi connectivity index (χ3v) is 1.56. The lowest BCUT2D eigenvalue weighted by Crippen LogP contribution is -1.80. The van der Waals surface area contributed by atoms with E-state index in [9.17, 15) is 0 Å². The first kappa shape index (κ1) is 9.23. The van der Waals surface area contributed by atoms with E-state index in [1.165, 1.54) is 0 Å². The summed E-state index contributed by atoms with van der Waals surface area (Å²) in [5, 5.41) is 9.18. The van der Waals surface area contributed by atoms with Gasteiger partial charge >= 0.3 is 0 Å². The van der Waals surface area contributed by atoms with Crippen molar-refractivity contribution in [3.05, 3.63) is 35.1 Å². The largest absolute Gasteiger partial charge is 0.396 e. The summed E-state index contributed by atoms with van der Waals surface area (Å²) in [6.07, 6.45) is 6.00. The van der Waals surface area contributed by atoms with Crippen molar-refractivity contribution >= 4 is 17.7 Å². The van der Waals surface area contributed by atoms with E-state index in [-0.39, 0.29) is 6.61 Å². The van der Waals surface area contributed by atoms with E-state index < -0.39 is 0 Å². The maximum absolute atomic E-state index is 8.50. The van der Waals surface area contributed by atoms with Crippen LogP contribution in [0, 0.1) is 0 Å². The molecule has 0 fully saturated rings.